The Kier molecular flexibility index (Phi) is 4.28. The SMILES string of the molecule is CCOC(=O)c1ncnc(C2CCCCC2)c1C. The van der Waals surface area contributed by atoms with Crippen LogP contribution >= 0.6 is 0 Å². The van der Waals surface area contributed by atoms with E-state index >= 15 is 0 Å². The van der Waals surface area contributed by atoms with Gasteiger partial charge < -0.3 is 4.74 Å². The summed E-state index contributed by atoms with van der Waals surface area (Å²) in [5.41, 5.74) is 2.35. The highest BCUT2D eigenvalue weighted by Crippen LogP contribution is 2.33. The molecule has 1 aliphatic carbocycles. The fourth-order valence-corrected chi connectivity index (χ4v) is 2.66. The number of ether oxygens (including phenoxy) is 1. The maximum atomic E-state index is 11.8. The Morgan fingerprint density at radius 1 is 1.33 bits per heavy atom. The van der Waals surface area contributed by atoms with E-state index < -0.39 is 0 Å². The summed E-state index contributed by atoms with van der Waals surface area (Å²) in [4.78, 5) is 20.2. The molecule has 4 heteroatoms. The third-order valence-corrected chi connectivity index (χ3v) is 3.58. The molecule has 4 nitrogen and oxygen atoms in total. The number of hydrogen-bond donors (Lipinski definition) is 0. The topological polar surface area (TPSA) is 52.1 Å². The van der Waals surface area contributed by atoms with Gasteiger partial charge in [-0.1, -0.05) is 19.3 Å². The largest absolute Gasteiger partial charge is 0.461 e. The average Bonchev–Trinajstić information content (AvgIpc) is 2.40. The van der Waals surface area contributed by atoms with Crippen molar-refractivity contribution >= 4 is 5.97 Å². The van der Waals surface area contributed by atoms with Crippen LogP contribution in [0.4, 0.5) is 0 Å². The molecule has 18 heavy (non-hydrogen) atoms. The quantitative estimate of drug-likeness (QED) is 0.771. The standard InChI is InChI=1S/C14H20N2O2/c1-3-18-14(17)13-10(2)12(15-9-16-13)11-7-5-4-6-8-11/h9,11H,3-8H2,1-2H3. The van der Waals surface area contributed by atoms with Crippen molar-refractivity contribution in [2.75, 3.05) is 6.61 Å². The van der Waals surface area contributed by atoms with E-state index in [1.807, 2.05) is 6.92 Å². The van der Waals surface area contributed by atoms with E-state index in [1.54, 1.807) is 6.92 Å². The van der Waals surface area contributed by atoms with E-state index in [0.717, 1.165) is 11.3 Å². The second-order valence-corrected chi connectivity index (χ2v) is 4.79. The molecule has 0 unspecified atom stereocenters. The fourth-order valence-electron chi connectivity index (χ4n) is 2.66. The molecule has 1 aliphatic rings. The minimum absolute atomic E-state index is 0.338. The van der Waals surface area contributed by atoms with Crippen molar-refractivity contribution in [1.82, 2.24) is 9.97 Å². The Hall–Kier alpha value is -1.45. The molecule has 0 aromatic carbocycles. The summed E-state index contributed by atoms with van der Waals surface area (Å²) in [6, 6.07) is 0. The first-order valence-corrected chi connectivity index (χ1v) is 6.72. The molecule has 0 spiro atoms. The number of aromatic nitrogens is 2. The maximum Gasteiger partial charge on any atom is 0.357 e. The van der Waals surface area contributed by atoms with Crippen LogP contribution in [0.25, 0.3) is 0 Å². The van der Waals surface area contributed by atoms with E-state index in [9.17, 15) is 4.79 Å². The number of carbonyl (C=O) groups is 1. The van der Waals surface area contributed by atoms with Crippen LogP contribution in [-0.2, 0) is 4.74 Å². The van der Waals surface area contributed by atoms with Gasteiger partial charge in [-0.15, -0.1) is 0 Å². The van der Waals surface area contributed by atoms with Crippen LogP contribution in [-0.4, -0.2) is 22.5 Å². The molecule has 0 amide bonds. The molecule has 0 aliphatic heterocycles. The van der Waals surface area contributed by atoms with Gasteiger partial charge in [0.2, 0.25) is 0 Å². The van der Waals surface area contributed by atoms with E-state index in [2.05, 4.69) is 9.97 Å². The highest BCUT2D eigenvalue weighted by atomic mass is 16.5. The van der Waals surface area contributed by atoms with Gasteiger partial charge in [0.1, 0.15) is 6.33 Å². The van der Waals surface area contributed by atoms with Crippen LogP contribution in [0.2, 0.25) is 0 Å². The van der Waals surface area contributed by atoms with Gasteiger partial charge in [0, 0.05) is 11.5 Å². The van der Waals surface area contributed by atoms with Crippen LogP contribution in [0.5, 0.6) is 0 Å². The van der Waals surface area contributed by atoms with Crippen LogP contribution in [0.15, 0.2) is 6.33 Å². The molecule has 98 valence electrons. The van der Waals surface area contributed by atoms with Crippen LogP contribution in [0.1, 0.15) is 66.7 Å². The van der Waals surface area contributed by atoms with Gasteiger partial charge in [0.15, 0.2) is 5.69 Å². The molecule has 1 aromatic heterocycles. The molecule has 1 heterocycles. The Balaban J connectivity index is 2.26. The van der Waals surface area contributed by atoms with Crippen molar-refractivity contribution in [3.05, 3.63) is 23.3 Å². The number of hydrogen-bond acceptors (Lipinski definition) is 4. The van der Waals surface area contributed by atoms with Gasteiger partial charge in [0.25, 0.3) is 0 Å². The molecule has 1 fully saturated rings. The second kappa shape index (κ2) is 5.94. The number of nitrogens with zero attached hydrogens (tertiary/aromatic N) is 2. The molecular formula is C14H20N2O2. The number of esters is 1. The Bertz CT molecular complexity index is 426. The zero-order valence-corrected chi connectivity index (χ0v) is 11.1. The third-order valence-electron chi connectivity index (χ3n) is 3.58. The number of rotatable bonds is 3. The van der Waals surface area contributed by atoms with Crippen molar-refractivity contribution in [2.24, 2.45) is 0 Å². The highest BCUT2D eigenvalue weighted by molar-refractivity contribution is 5.88. The van der Waals surface area contributed by atoms with Gasteiger partial charge in [-0.25, -0.2) is 14.8 Å². The minimum atomic E-state index is -0.338. The van der Waals surface area contributed by atoms with Crippen molar-refractivity contribution in [2.45, 2.75) is 51.9 Å². The van der Waals surface area contributed by atoms with Crippen LogP contribution in [0, 0.1) is 6.92 Å². The van der Waals surface area contributed by atoms with E-state index in [-0.39, 0.29) is 5.97 Å². The molecule has 0 N–H and O–H groups in total. The minimum Gasteiger partial charge on any atom is -0.461 e. The molecule has 0 radical (unpaired) electrons. The average molecular weight is 248 g/mol. The predicted octanol–water partition coefficient (Wildman–Crippen LogP) is 3.01. The molecule has 2 rings (SSSR count). The molecule has 0 atom stereocenters. The van der Waals surface area contributed by atoms with E-state index in [0.29, 0.717) is 18.2 Å². The summed E-state index contributed by atoms with van der Waals surface area (Å²) >= 11 is 0. The van der Waals surface area contributed by atoms with E-state index in [1.165, 1.54) is 38.4 Å². The molecular weight excluding hydrogens is 228 g/mol. The zero-order chi connectivity index (χ0) is 13.0. The summed E-state index contributed by atoms with van der Waals surface area (Å²) in [5, 5.41) is 0. The Morgan fingerprint density at radius 2 is 2.06 bits per heavy atom. The molecule has 1 aromatic rings. The fraction of sp³-hybridized carbons (Fsp3) is 0.643. The highest BCUT2D eigenvalue weighted by Gasteiger charge is 2.22. The number of carbonyl (C=O) groups excluding carboxylic acids is 1. The zero-order valence-electron chi connectivity index (χ0n) is 11.1. The monoisotopic (exact) mass is 248 g/mol. The van der Waals surface area contributed by atoms with Crippen LogP contribution < -0.4 is 0 Å². The molecule has 0 saturated heterocycles. The summed E-state index contributed by atoms with van der Waals surface area (Å²) in [7, 11) is 0. The Labute approximate surface area is 108 Å². The lowest BCUT2D eigenvalue weighted by Crippen LogP contribution is -2.15. The first-order valence-electron chi connectivity index (χ1n) is 6.72. The first kappa shape index (κ1) is 13.0. The second-order valence-electron chi connectivity index (χ2n) is 4.79. The lowest BCUT2D eigenvalue weighted by atomic mass is 9.85. The Morgan fingerprint density at radius 3 is 2.72 bits per heavy atom. The maximum absolute atomic E-state index is 11.8. The van der Waals surface area contributed by atoms with Gasteiger partial charge in [-0.2, -0.15) is 0 Å². The van der Waals surface area contributed by atoms with E-state index in [4.69, 9.17) is 4.74 Å². The summed E-state index contributed by atoms with van der Waals surface area (Å²) in [6.45, 7) is 4.10. The first-order chi connectivity index (χ1) is 8.74. The van der Waals surface area contributed by atoms with Crippen molar-refractivity contribution in [3.63, 3.8) is 0 Å². The van der Waals surface area contributed by atoms with Gasteiger partial charge in [-0.05, 0) is 26.7 Å². The lowest BCUT2D eigenvalue weighted by molar-refractivity contribution is 0.0518. The van der Waals surface area contributed by atoms with Gasteiger partial charge in [0.05, 0.1) is 12.3 Å². The normalized spacial score (nSPS) is 16.6. The van der Waals surface area contributed by atoms with Gasteiger partial charge >= 0.3 is 5.97 Å². The summed E-state index contributed by atoms with van der Waals surface area (Å²) in [6.07, 6.45) is 7.64. The lowest BCUT2D eigenvalue weighted by Gasteiger charge is -2.22. The van der Waals surface area contributed by atoms with Crippen molar-refractivity contribution in [3.8, 4) is 0 Å². The smallest absolute Gasteiger partial charge is 0.357 e. The van der Waals surface area contributed by atoms with Crippen molar-refractivity contribution in [1.29, 1.82) is 0 Å². The summed E-state index contributed by atoms with van der Waals surface area (Å²) in [5.74, 6) is 0.143. The van der Waals surface area contributed by atoms with Crippen LogP contribution in [0.3, 0.4) is 0 Å². The van der Waals surface area contributed by atoms with Gasteiger partial charge in [-0.3, -0.25) is 0 Å². The summed E-state index contributed by atoms with van der Waals surface area (Å²) < 4.78 is 5.02. The predicted molar refractivity (Wildman–Crippen MR) is 68.6 cm³/mol. The molecule has 1 saturated carbocycles. The van der Waals surface area contributed by atoms with Crippen molar-refractivity contribution < 1.29 is 9.53 Å². The third kappa shape index (κ3) is 2.68. The molecule has 0 bridgehead atoms.